The highest BCUT2D eigenvalue weighted by Gasteiger charge is 2.09. The zero-order chi connectivity index (χ0) is 15.0. The summed E-state index contributed by atoms with van der Waals surface area (Å²) in [5.74, 6) is 0. The average molecular weight is 290 g/mol. The van der Waals surface area contributed by atoms with Crippen molar-refractivity contribution in [1.29, 1.82) is 0 Å². The molecule has 1 N–H and O–H groups in total. The highest BCUT2D eigenvalue weighted by atomic mass is 32.2. The summed E-state index contributed by atoms with van der Waals surface area (Å²) in [7, 11) is 0. The Balaban J connectivity index is 2.72. The molecule has 0 fully saturated rings. The predicted octanol–water partition coefficient (Wildman–Crippen LogP) is 4.70. The van der Waals surface area contributed by atoms with E-state index in [0.717, 1.165) is 10.6 Å². The zero-order valence-electron chi connectivity index (χ0n) is 11.6. The van der Waals surface area contributed by atoms with Crippen LogP contribution in [0.2, 0.25) is 0 Å². The van der Waals surface area contributed by atoms with Gasteiger partial charge in [0.05, 0.1) is 11.3 Å². The fraction of sp³-hybridized carbons (Fsp3) is 0.200. The van der Waals surface area contributed by atoms with Crippen LogP contribution in [0.25, 0.3) is 0 Å². The number of aryl methyl sites for hydroxylation is 1. The van der Waals surface area contributed by atoms with E-state index in [1.807, 2.05) is 44.2 Å². The van der Waals surface area contributed by atoms with E-state index in [1.165, 1.54) is 23.6 Å². The monoisotopic (exact) mass is 290 g/mol. The van der Waals surface area contributed by atoms with E-state index < -0.39 is 0 Å². The maximum Gasteiger partial charge on any atom is 0.251 e. The van der Waals surface area contributed by atoms with Gasteiger partial charge in [0.1, 0.15) is 0 Å². The lowest BCUT2D eigenvalue weighted by molar-refractivity contribution is -0.426. The standard InChI is InChI=1S/C15H18N2O2S/c1-4-6-14(17(18)19)11-15(5-2)20-16-13-9-7-12(3)8-10-13/h4-5,7-11,16H,1,6H2,2-3H3/b14-11+,15-5+. The summed E-state index contributed by atoms with van der Waals surface area (Å²) in [5.41, 5.74) is 2.28. The number of anilines is 1. The number of hydrogen-bond acceptors (Lipinski definition) is 4. The summed E-state index contributed by atoms with van der Waals surface area (Å²) in [6, 6.07) is 7.96. The van der Waals surface area contributed by atoms with Gasteiger partial charge in [0.15, 0.2) is 0 Å². The lowest BCUT2D eigenvalue weighted by Gasteiger charge is -2.06. The first-order chi connectivity index (χ1) is 9.56. The van der Waals surface area contributed by atoms with Gasteiger partial charge < -0.3 is 4.72 Å². The Bertz CT molecular complexity index is 533. The number of allylic oxidation sites excluding steroid dienone is 3. The number of nitrogens with one attached hydrogen (secondary N) is 1. The summed E-state index contributed by atoms with van der Waals surface area (Å²) in [6.45, 7) is 7.40. The Labute approximate surface area is 123 Å². The second-order valence-corrected chi connectivity index (χ2v) is 5.03. The number of benzene rings is 1. The molecule has 1 aromatic rings. The second kappa shape index (κ2) is 8.22. The molecule has 0 saturated heterocycles. The van der Waals surface area contributed by atoms with Gasteiger partial charge in [-0.25, -0.2) is 0 Å². The smallest absolute Gasteiger partial charge is 0.251 e. The molecule has 0 aromatic heterocycles. The molecular weight excluding hydrogens is 272 g/mol. The van der Waals surface area contributed by atoms with Gasteiger partial charge >= 0.3 is 0 Å². The van der Waals surface area contributed by atoms with Gasteiger partial charge in [-0.15, -0.1) is 6.58 Å². The van der Waals surface area contributed by atoms with Crippen LogP contribution >= 0.6 is 11.9 Å². The van der Waals surface area contributed by atoms with Crippen LogP contribution in [-0.4, -0.2) is 4.92 Å². The summed E-state index contributed by atoms with van der Waals surface area (Å²) in [4.78, 5) is 11.3. The molecule has 0 heterocycles. The summed E-state index contributed by atoms with van der Waals surface area (Å²) >= 11 is 1.35. The fourth-order valence-corrected chi connectivity index (χ4v) is 2.09. The minimum Gasteiger partial charge on any atom is -0.326 e. The van der Waals surface area contributed by atoms with E-state index in [4.69, 9.17) is 0 Å². The molecule has 0 aliphatic carbocycles. The van der Waals surface area contributed by atoms with Gasteiger partial charge in [-0.3, -0.25) is 10.1 Å². The number of nitro groups is 1. The third-order valence-corrected chi connectivity index (χ3v) is 3.45. The number of nitrogens with zero attached hydrogens (tertiary/aromatic N) is 1. The van der Waals surface area contributed by atoms with E-state index in [2.05, 4.69) is 11.3 Å². The van der Waals surface area contributed by atoms with Gasteiger partial charge in [0.2, 0.25) is 0 Å². The van der Waals surface area contributed by atoms with Gasteiger partial charge in [-0.2, -0.15) is 0 Å². The molecule has 0 bridgehead atoms. The number of hydrogen-bond donors (Lipinski definition) is 1. The Morgan fingerprint density at radius 1 is 1.45 bits per heavy atom. The van der Waals surface area contributed by atoms with Gasteiger partial charge in [-0.1, -0.05) is 29.8 Å². The van der Waals surface area contributed by atoms with Gasteiger partial charge in [0, 0.05) is 16.7 Å². The Morgan fingerprint density at radius 3 is 2.60 bits per heavy atom. The van der Waals surface area contributed by atoms with Crippen LogP contribution in [0.15, 0.2) is 59.7 Å². The van der Waals surface area contributed by atoms with E-state index in [9.17, 15) is 10.1 Å². The third-order valence-electron chi connectivity index (χ3n) is 2.52. The van der Waals surface area contributed by atoms with Crippen LogP contribution in [0.5, 0.6) is 0 Å². The Morgan fingerprint density at radius 2 is 2.10 bits per heavy atom. The molecule has 0 unspecified atom stereocenters. The van der Waals surface area contributed by atoms with E-state index in [0.29, 0.717) is 0 Å². The molecule has 0 spiro atoms. The molecule has 4 nitrogen and oxygen atoms in total. The zero-order valence-corrected chi connectivity index (χ0v) is 12.4. The molecule has 106 valence electrons. The maximum absolute atomic E-state index is 10.9. The van der Waals surface area contributed by atoms with Crippen molar-refractivity contribution < 1.29 is 4.92 Å². The van der Waals surface area contributed by atoms with Crippen molar-refractivity contribution in [3.8, 4) is 0 Å². The second-order valence-electron chi connectivity index (χ2n) is 4.15. The maximum atomic E-state index is 10.9. The van der Waals surface area contributed by atoms with Crippen LogP contribution in [0.3, 0.4) is 0 Å². The van der Waals surface area contributed by atoms with Crippen molar-refractivity contribution >= 4 is 17.6 Å². The van der Waals surface area contributed by atoms with Crippen molar-refractivity contribution in [2.24, 2.45) is 0 Å². The minimum atomic E-state index is -0.377. The highest BCUT2D eigenvalue weighted by Crippen LogP contribution is 2.23. The van der Waals surface area contributed by atoms with Crippen LogP contribution in [-0.2, 0) is 0 Å². The minimum absolute atomic E-state index is 0.131. The van der Waals surface area contributed by atoms with Crippen LogP contribution in [0, 0.1) is 17.0 Å². The fourth-order valence-electron chi connectivity index (χ4n) is 1.41. The Kier molecular flexibility index (Phi) is 6.59. The molecule has 0 saturated carbocycles. The van der Waals surface area contributed by atoms with Crippen molar-refractivity contribution in [2.45, 2.75) is 20.3 Å². The van der Waals surface area contributed by atoms with E-state index in [1.54, 1.807) is 6.08 Å². The molecule has 1 aromatic carbocycles. The summed E-state index contributed by atoms with van der Waals surface area (Å²) < 4.78 is 3.16. The lowest BCUT2D eigenvalue weighted by atomic mass is 10.2. The topological polar surface area (TPSA) is 55.2 Å². The van der Waals surface area contributed by atoms with Crippen molar-refractivity contribution in [2.75, 3.05) is 4.72 Å². The molecule has 0 aliphatic heterocycles. The molecule has 0 aliphatic rings. The molecule has 0 amide bonds. The lowest BCUT2D eigenvalue weighted by Crippen LogP contribution is -1.98. The summed E-state index contributed by atoms with van der Waals surface area (Å²) in [6.07, 6.45) is 5.17. The first-order valence-electron chi connectivity index (χ1n) is 6.18. The van der Waals surface area contributed by atoms with Crippen LogP contribution in [0.4, 0.5) is 5.69 Å². The summed E-state index contributed by atoms with van der Waals surface area (Å²) in [5, 5.41) is 10.9. The van der Waals surface area contributed by atoms with E-state index >= 15 is 0 Å². The predicted molar refractivity (Wildman–Crippen MR) is 86.0 cm³/mol. The van der Waals surface area contributed by atoms with Gasteiger partial charge in [-0.05, 0) is 37.9 Å². The largest absolute Gasteiger partial charge is 0.326 e. The van der Waals surface area contributed by atoms with E-state index in [-0.39, 0.29) is 17.0 Å². The van der Waals surface area contributed by atoms with Crippen molar-refractivity contribution in [1.82, 2.24) is 0 Å². The Hall–Kier alpha value is -2.01. The molecule has 5 heteroatoms. The third kappa shape index (κ3) is 5.32. The van der Waals surface area contributed by atoms with Gasteiger partial charge in [0.25, 0.3) is 5.70 Å². The van der Waals surface area contributed by atoms with Crippen molar-refractivity contribution in [3.63, 3.8) is 0 Å². The van der Waals surface area contributed by atoms with Crippen LogP contribution < -0.4 is 4.72 Å². The van der Waals surface area contributed by atoms with Crippen LogP contribution in [0.1, 0.15) is 18.9 Å². The first-order valence-corrected chi connectivity index (χ1v) is 7.00. The highest BCUT2D eigenvalue weighted by molar-refractivity contribution is 8.04. The molecule has 1 rings (SSSR count). The molecule has 20 heavy (non-hydrogen) atoms. The molecule has 0 atom stereocenters. The van der Waals surface area contributed by atoms with Crippen molar-refractivity contribution in [3.05, 3.63) is 75.4 Å². The average Bonchev–Trinajstić information content (AvgIpc) is 2.43. The quantitative estimate of drug-likeness (QED) is 0.260. The molecule has 0 radical (unpaired) electrons. The SMILES string of the molecule is C=CC/C(=C\C(=C/C)SNc1ccc(C)cc1)[N+](=O)[O-]. The first kappa shape index (κ1) is 16.0. The number of rotatable bonds is 7. The normalized spacial score (nSPS) is 12.1. The molecular formula is C15H18N2O2S.